The maximum atomic E-state index is 11.7. The number of urea groups is 1. The molecule has 184 valence electrons. The van der Waals surface area contributed by atoms with Gasteiger partial charge in [0.05, 0.1) is 6.42 Å². The summed E-state index contributed by atoms with van der Waals surface area (Å²) >= 11 is 0. The molecule has 0 aromatic rings. The van der Waals surface area contributed by atoms with Gasteiger partial charge >= 0.3 is 18.0 Å². The van der Waals surface area contributed by atoms with E-state index in [4.69, 9.17) is 10.2 Å². The quantitative estimate of drug-likeness (QED) is 0.140. The molecule has 9 heteroatoms. The van der Waals surface area contributed by atoms with Crippen molar-refractivity contribution in [2.75, 3.05) is 13.1 Å². The zero-order chi connectivity index (χ0) is 24.0. The SMILES string of the molecule is CCCCCNC(=O)NCCCC/C=C/CCCCCCC(=O)N[C@@H](CC(=O)O)C(=O)O. The summed E-state index contributed by atoms with van der Waals surface area (Å²) in [5, 5.41) is 25.5. The number of carbonyl (C=O) groups excluding carboxylic acids is 2. The summed E-state index contributed by atoms with van der Waals surface area (Å²) in [4.78, 5) is 44.8. The summed E-state index contributed by atoms with van der Waals surface area (Å²) in [5.74, 6) is -3.03. The maximum absolute atomic E-state index is 11.7. The standard InChI is InChI=1S/C23H41N3O6/c1-2-3-13-16-24-23(32)25-17-14-11-9-7-5-4-6-8-10-12-15-20(27)26-19(22(30)31)18-21(28)29/h5,7,19H,2-4,6,8-18H2,1H3,(H,26,27)(H,28,29)(H,30,31)(H2,24,25,32)/b7-5+/t19-/m0/s1. The highest BCUT2D eigenvalue weighted by molar-refractivity contribution is 5.86. The van der Waals surface area contributed by atoms with E-state index >= 15 is 0 Å². The monoisotopic (exact) mass is 455 g/mol. The zero-order valence-electron chi connectivity index (χ0n) is 19.4. The van der Waals surface area contributed by atoms with Gasteiger partial charge in [0.15, 0.2) is 0 Å². The van der Waals surface area contributed by atoms with Gasteiger partial charge in [0.1, 0.15) is 6.04 Å². The minimum absolute atomic E-state index is 0.0870. The molecule has 1 atom stereocenters. The van der Waals surface area contributed by atoms with Crippen LogP contribution in [0.15, 0.2) is 12.2 Å². The topological polar surface area (TPSA) is 145 Å². The van der Waals surface area contributed by atoms with E-state index in [9.17, 15) is 19.2 Å². The second-order valence-corrected chi connectivity index (χ2v) is 7.87. The first kappa shape index (κ1) is 29.4. The fraction of sp³-hybridized carbons (Fsp3) is 0.739. The van der Waals surface area contributed by atoms with Gasteiger partial charge in [0, 0.05) is 19.5 Å². The fourth-order valence-corrected chi connectivity index (χ4v) is 3.01. The summed E-state index contributed by atoms with van der Waals surface area (Å²) in [6.45, 7) is 3.55. The third-order valence-electron chi connectivity index (χ3n) is 4.85. The van der Waals surface area contributed by atoms with Crippen molar-refractivity contribution in [3.63, 3.8) is 0 Å². The van der Waals surface area contributed by atoms with Crippen LogP contribution in [-0.4, -0.2) is 53.2 Å². The van der Waals surface area contributed by atoms with Gasteiger partial charge in [0.25, 0.3) is 0 Å². The summed E-state index contributed by atoms with van der Waals surface area (Å²) in [7, 11) is 0. The highest BCUT2D eigenvalue weighted by Crippen LogP contribution is 2.07. The predicted molar refractivity (Wildman–Crippen MR) is 123 cm³/mol. The number of rotatable bonds is 20. The predicted octanol–water partition coefficient (Wildman–Crippen LogP) is 3.59. The number of hydrogen-bond donors (Lipinski definition) is 5. The molecule has 0 radical (unpaired) electrons. The molecule has 32 heavy (non-hydrogen) atoms. The Hall–Kier alpha value is -2.58. The molecule has 0 aliphatic rings. The van der Waals surface area contributed by atoms with Crippen LogP contribution < -0.4 is 16.0 Å². The van der Waals surface area contributed by atoms with Gasteiger partial charge < -0.3 is 26.2 Å². The zero-order valence-corrected chi connectivity index (χ0v) is 19.4. The van der Waals surface area contributed by atoms with E-state index in [2.05, 4.69) is 35.0 Å². The van der Waals surface area contributed by atoms with Crippen molar-refractivity contribution in [3.05, 3.63) is 12.2 Å². The molecule has 3 amide bonds. The molecule has 5 N–H and O–H groups in total. The number of allylic oxidation sites excluding steroid dienone is 2. The van der Waals surface area contributed by atoms with E-state index in [0.717, 1.165) is 70.8 Å². The molecule has 0 saturated carbocycles. The van der Waals surface area contributed by atoms with Crippen molar-refractivity contribution in [1.29, 1.82) is 0 Å². The minimum atomic E-state index is -1.38. The number of hydrogen-bond acceptors (Lipinski definition) is 4. The molecule has 0 aromatic carbocycles. The van der Waals surface area contributed by atoms with E-state index in [-0.39, 0.29) is 12.5 Å². The van der Waals surface area contributed by atoms with Crippen LogP contribution in [0.5, 0.6) is 0 Å². The van der Waals surface area contributed by atoms with Crippen LogP contribution in [0.25, 0.3) is 0 Å². The molecular weight excluding hydrogens is 414 g/mol. The highest BCUT2D eigenvalue weighted by Gasteiger charge is 2.22. The third-order valence-corrected chi connectivity index (χ3v) is 4.85. The Morgan fingerprint density at radius 3 is 1.91 bits per heavy atom. The third kappa shape index (κ3) is 19.4. The van der Waals surface area contributed by atoms with Crippen LogP contribution in [0.1, 0.15) is 90.4 Å². The van der Waals surface area contributed by atoms with Crippen molar-refractivity contribution in [1.82, 2.24) is 16.0 Å². The molecular formula is C23H41N3O6. The lowest BCUT2D eigenvalue weighted by molar-refractivity contribution is -0.147. The number of carboxylic acids is 2. The van der Waals surface area contributed by atoms with Crippen LogP contribution in [0, 0.1) is 0 Å². The molecule has 0 saturated heterocycles. The molecule has 0 aliphatic carbocycles. The average Bonchev–Trinajstić information content (AvgIpc) is 2.73. The number of unbranched alkanes of at least 4 members (excludes halogenated alkanes) is 8. The highest BCUT2D eigenvalue weighted by atomic mass is 16.4. The number of nitrogens with one attached hydrogen (secondary N) is 3. The maximum Gasteiger partial charge on any atom is 0.326 e. The van der Waals surface area contributed by atoms with Crippen LogP contribution in [0.2, 0.25) is 0 Å². The van der Waals surface area contributed by atoms with Gasteiger partial charge in [-0.2, -0.15) is 0 Å². The molecule has 0 rings (SSSR count). The van der Waals surface area contributed by atoms with E-state index in [0.29, 0.717) is 13.0 Å². The number of amides is 3. The second-order valence-electron chi connectivity index (χ2n) is 7.87. The Kier molecular flexibility index (Phi) is 18.7. The van der Waals surface area contributed by atoms with Gasteiger partial charge in [-0.15, -0.1) is 0 Å². The molecule has 0 aromatic heterocycles. The summed E-state index contributed by atoms with van der Waals surface area (Å²) in [6.07, 6.45) is 14.6. The van der Waals surface area contributed by atoms with E-state index < -0.39 is 30.3 Å². The Morgan fingerprint density at radius 1 is 0.781 bits per heavy atom. The Balaban J connectivity index is 3.54. The van der Waals surface area contributed by atoms with Crippen molar-refractivity contribution < 1.29 is 29.4 Å². The second kappa shape index (κ2) is 20.3. The van der Waals surface area contributed by atoms with E-state index in [1.54, 1.807) is 0 Å². The summed E-state index contributed by atoms with van der Waals surface area (Å²) in [6, 6.07) is -1.47. The number of carbonyl (C=O) groups is 4. The molecule has 0 spiro atoms. The first-order valence-corrected chi connectivity index (χ1v) is 11.8. The summed E-state index contributed by atoms with van der Waals surface area (Å²) in [5.41, 5.74) is 0. The molecule has 9 nitrogen and oxygen atoms in total. The number of carboxylic acid groups (broad SMARTS) is 2. The van der Waals surface area contributed by atoms with Crippen LogP contribution in [0.3, 0.4) is 0 Å². The fourth-order valence-electron chi connectivity index (χ4n) is 3.01. The minimum Gasteiger partial charge on any atom is -0.481 e. The Labute approximate surface area is 191 Å². The Morgan fingerprint density at radius 2 is 1.34 bits per heavy atom. The van der Waals surface area contributed by atoms with Crippen molar-refractivity contribution in [3.8, 4) is 0 Å². The van der Waals surface area contributed by atoms with Gasteiger partial charge in [-0.1, -0.05) is 44.8 Å². The van der Waals surface area contributed by atoms with Crippen molar-refractivity contribution >= 4 is 23.9 Å². The first-order chi connectivity index (χ1) is 15.4. The lowest BCUT2D eigenvalue weighted by atomic mass is 10.1. The molecule has 0 bridgehead atoms. The van der Waals surface area contributed by atoms with E-state index in [1.807, 2.05) is 0 Å². The molecule has 0 unspecified atom stereocenters. The largest absolute Gasteiger partial charge is 0.481 e. The molecule has 0 fully saturated rings. The Bertz CT molecular complexity index is 580. The van der Waals surface area contributed by atoms with Crippen LogP contribution in [-0.2, 0) is 14.4 Å². The van der Waals surface area contributed by atoms with Crippen LogP contribution in [0.4, 0.5) is 4.79 Å². The van der Waals surface area contributed by atoms with E-state index in [1.165, 1.54) is 0 Å². The van der Waals surface area contributed by atoms with Gasteiger partial charge in [-0.3, -0.25) is 9.59 Å². The molecule has 0 aliphatic heterocycles. The lowest BCUT2D eigenvalue weighted by Gasteiger charge is -2.12. The van der Waals surface area contributed by atoms with Crippen LogP contribution >= 0.6 is 0 Å². The average molecular weight is 456 g/mol. The first-order valence-electron chi connectivity index (χ1n) is 11.8. The van der Waals surface area contributed by atoms with Gasteiger partial charge in [0.2, 0.25) is 5.91 Å². The molecule has 0 heterocycles. The lowest BCUT2D eigenvalue weighted by Crippen LogP contribution is -2.42. The normalized spacial score (nSPS) is 11.8. The smallest absolute Gasteiger partial charge is 0.326 e. The van der Waals surface area contributed by atoms with Crippen molar-refractivity contribution in [2.24, 2.45) is 0 Å². The van der Waals surface area contributed by atoms with Gasteiger partial charge in [-0.05, 0) is 44.9 Å². The number of aliphatic carboxylic acids is 2. The summed E-state index contributed by atoms with van der Waals surface area (Å²) < 4.78 is 0. The van der Waals surface area contributed by atoms with Crippen molar-refractivity contribution in [2.45, 2.75) is 96.4 Å². The van der Waals surface area contributed by atoms with Gasteiger partial charge in [-0.25, -0.2) is 9.59 Å².